The van der Waals surface area contributed by atoms with Gasteiger partial charge in [-0.15, -0.1) is 12.4 Å². The maximum absolute atomic E-state index is 4.38. The molecule has 5 nitrogen and oxygen atoms in total. The molecule has 18 heavy (non-hydrogen) atoms. The van der Waals surface area contributed by atoms with Gasteiger partial charge < -0.3 is 5.32 Å². The van der Waals surface area contributed by atoms with E-state index in [4.69, 9.17) is 0 Å². The van der Waals surface area contributed by atoms with Crippen molar-refractivity contribution in [2.75, 3.05) is 18.5 Å². The third kappa shape index (κ3) is 2.13. The number of aliphatic imine (C=N–C) groups is 1. The Morgan fingerprint density at radius 1 is 1.28 bits per heavy atom. The van der Waals surface area contributed by atoms with Crippen LogP contribution in [0.25, 0.3) is 11.0 Å². The van der Waals surface area contributed by atoms with Crippen molar-refractivity contribution < 1.29 is 0 Å². The van der Waals surface area contributed by atoms with E-state index in [1.807, 2.05) is 4.68 Å². The molecule has 0 amide bonds. The largest absolute Gasteiger partial charge is 0.353 e. The normalized spacial score (nSPS) is 14.0. The van der Waals surface area contributed by atoms with Crippen LogP contribution in [0.2, 0.25) is 0 Å². The fourth-order valence-electron chi connectivity index (χ4n) is 1.94. The summed E-state index contributed by atoms with van der Waals surface area (Å²) in [5.74, 6) is 0.808. The number of rotatable bonds is 1. The maximum Gasteiger partial charge on any atom is 0.211 e. The summed E-state index contributed by atoms with van der Waals surface area (Å²) in [4.78, 5) is 8.68. The number of hydrogen-bond acceptors (Lipinski definition) is 4. The molecule has 2 heterocycles. The Bertz CT molecular complexity index is 602. The molecule has 1 aromatic carbocycles. The summed E-state index contributed by atoms with van der Waals surface area (Å²) >= 11 is 0. The topological polar surface area (TPSA) is 54.2 Å². The summed E-state index contributed by atoms with van der Waals surface area (Å²) in [6.45, 7) is 5.93. The summed E-state index contributed by atoms with van der Waals surface area (Å²) in [7, 11) is 0. The molecule has 1 aliphatic rings. The van der Waals surface area contributed by atoms with Gasteiger partial charge >= 0.3 is 0 Å². The highest BCUT2D eigenvalue weighted by molar-refractivity contribution is 5.90. The minimum atomic E-state index is 0. The summed E-state index contributed by atoms with van der Waals surface area (Å²) in [6.07, 6.45) is 1.78. The van der Waals surface area contributed by atoms with Crippen LogP contribution in [0, 0.1) is 13.8 Å². The summed E-state index contributed by atoms with van der Waals surface area (Å²) in [6, 6.07) is 4.24. The first-order chi connectivity index (χ1) is 8.24. The second-order valence-corrected chi connectivity index (χ2v) is 4.31. The Kier molecular flexibility index (Phi) is 3.43. The highest BCUT2D eigenvalue weighted by Gasteiger charge is 2.08. The molecule has 0 atom stereocenters. The van der Waals surface area contributed by atoms with Crippen LogP contribution in [0.15, 0.2) is 23.5 Å². The zero-order valence-corrected chi connectivity index (χ0v) is 11.2. The molecule has 0 aliphatic carbocycles. The number of halogens is 1. The van der Waals surface area contributed by atoms with Gasteiger partial charge in [0.25, 0.3) is 0 Å². The van der Waals surface area contributed by atoms with E-state index in [0.29, 0.717) is 0 Å². The van der Waals surface area contributed by atoms with Gasteiger partial charge in [0, 0.05) is 6.54 Å². The zero-order chi connectivity index (χ0) is 11.8. The summed E-state index contributed by atoms with van der Waals surface area (Å²) < 4.78 is 1.90. The van der Waals surface area contributed by atoms with Crippen LogP contribution in [0.4, 0.5) is 0 Å². The molecule has 1 aromatic heterocycles. The van der Waals surface area contributed by atoms with Gasteiger partial charge in [-0.2, -0.15) is 0 Å². The lowest BCUT2D eigenvalue weighted by molar-refractivity contribution is 0.937. The second kappa shape index (κ2) is 4.86. The lowest BCUT2D eigenvalue weighted by Gasteiger charge is -2.08. The molecule has 96 valence electrons. The quantitative estimate of drug-likeness (QED) is 0.823. The van der Waals surface area contributed by atoms with Crippen LogP contribution in [-0.4, -0.2) is 28.7 Å². The van der Waals surface area contributed by atoms with E-state index in [2.05, 4.69) is 46.7 Å². The van der Waals surface area contributed by atoms with Gasteiger partial charge in [0.1, 0.15) is 6.33 Å². The molecule has 6 heteroatoms. The van der Waals surface area contributed by atoms with Gasteiger partial charge in [-0.3, -0.25) is 10.4 Å². The van der Waals surface area contributed by atoms with Crippen LogP contribution in [0.5, 0.6) is 0 Å². The molecule has 2 N–H and O–H groups in total. The van der Waals surface area contributed by atoms with Crippen molar-refractivity contribution >= 4 is 29.4 Å². The predicted molar refractivity (Wildman–Crippen MR) is 76.1 cm³/mol. The molecule has 0 saturated carbocycles. The molecular formula is C12H16ClN5. The van der Waals surface area contributed by atoms with Crippen molar-refractivity contribution in [2.45, 2.75) is 13.8 Å². The van der Waals surface area contributed by atoms with E-state index in [-0.39, 0.29) is 12.4 Å². The standard InChI is InChI=1S/C12H15N5.ClH/c1-8-5-10-11(6-9(8)2)17(7-15-10)16-12-13-3-4-14-12;/h5-7H,3-4H2,1-2H3,(H2,13,14,16);1H. The van der Waals surface area contributed by atoms with Crippen LogP contribution in [0.1, 0.15) is 11.1 Å². The Hall–Kier alpha value is -1.75. The Morgan fingerprint density at radius 3 is 2.78 bits per heavy atom. The minimum Gasteiger partial charge on any atom is -0.353 e. The van der Waals surface area contributed by atoms with E-state index in [1.165, 1.54) is 11.1 Å². The molecular weight excluding hydrogens is 250 g/mol. The zero-order valence-electron chi connectivity index (χ0n) is 10.4. The van der Waals surface area contributed by atoms with Crippen LogP contribution in [0.3, 0.4) is 0 Å². The average Bonchev–Trinajstić information content (AvgIpc) is 2.92. The van der Waals surface area contributed by atoms with Crippen LogP contribution < -0.4 is 10.7 Å². The van der Waals surface area contributed by atoms with E-state index in [0.717, 1.165) is 30.1 Å². The fraction of sp³-hybridized carbons (Fsp3) is 0.333. The van der Waals surface area contributed by atoms with Crippen LogP contribution >= 0.6 is 12.4 Å². The van der Waals surface area contributed by atoms with E-state index in [9.17, 15) is 0 Å². The number of nitrogens with zero attached hydrogens (tertiary/aromatic N) is 3. The van der Waals surface area contributed by atoms with Gasteiger partial charge in [-0.25, -0.2) is 9.66 Å². The number of guanidine groups is 1. The molecule has 1 aliphatic heterocycles. The summed E-state index contributed by atoms with van der Waals surface area (Å²) in [5, 5.41) is 3.18. The first-order valence-corrected chi connectivity index (χ1v) is 5.74. The van der Waals surface area contributed by atoms with Gasteiger partial charge in [0.15, 0.2) is 0 Å². The number of fused-ring (bicyclic) bond motifs is 1. The number of benzene rings is 1. The average molecular weight is 266 g/mol. The number of nitrogens with one attached hydrogen (secondary N) is 2. The van der Waals surface area contributed by atoms with Crippen molar-refractivity contribution in [1.29, 1.82) is 0 Å². The first kappa shape index (κ1) is 12.7. The SMILES string of the molecule is Cc1cc2ncn(NC3=NCCN3)c2cc1C.Cl. The van der Waals surface area contributed by atoms with Crippen molar-refractivity contribution in [3.05, 3.63) is 29.6 Å². The third-order valence-electron chi connectivity index (χ3n) is 3.06. The second-order valence-electron chi connectivity index (χ2n) is 4.31. The highest BCUT2D eigenvalue weighted by Crippen LogP contribution is 2.17. The Balaban J connectivity index is 0.00000120. The fourth-order valence-corrected chi connectivity index (χ4v) is 1.94. The molecule has 2 aromatic rings. The van der Waals surface area contributed by atoms with Gasteiger partial charge in [0.2, 0.25) is 5.96 Å². The van der Waals surface area contributed by atoms with E-state index in [1.54, 1.807) is 6.33 Å². The Labute approximate surface area is 112 Å². The van der Waals surface area contributed by atoms with Crippen LogP contribution in [-0.2, 0) is 0 Å². The Morgan fingerprint density at radius 2 is 2.06 bits per heavy atom. The highest BCUT2D eigenvalue weighted by atomic mass is 35.5. The minimum absolute atomic E-state index is 0. The van der Waals surface area contributed by atoms with Gasteiger partial charge in [-0.05, 0) is 37.1 Å². The number of hydrogen-bond donors (Lipinski definition) is 2. The molecule has 0 saturated heterocycles. The monoisotopic (exact) mass is 265 g/mol. The van der Waals surface area contributed by atoms with Crippen molar-refractivity contribution in [3.63, 3.8) is 0 Å². The molecule has 0 radical (unpaired) electrons. The van der Waals surface area contributed by atoms with Gasteiger partial charge in [0.05, 0.1) is 17.6 Å². The van der Waals surface area contributed by atoms with E-state index < -0.39 is 0 Å². The maximum atomic E-state index is 4.38. The molecule has 0 spiro atoms. The number of aryl methyl sites for hydroxylation is 2. The van der Waals surface area contributed by atoms with Crippen molar-refractivity contribution in [3.8, 4) is 0 Å². The molecule has 0 unspecified atom stereocenters. The molecule has 0 bridgehead atoms. The predicted octanol–water partition coefficient (Wildman–Crippen LogP) is 1.58. The molecule has 0 fully saturated rings. The third-order valence-corrected chi connectivity index (χ3v) is 3.06. The molecule has 3 rings (SSSR count). The van der Waals surface area contributed by atoms with Crippen molar-refractivity contribution in [1.82, 2.24) is 15.0 Å². The van der Waals surface area contributed by atoms with Crippen molar-refractivity contribution in [2.24, 2.45) is 4.99 Å². The smallest absolute Gasteiger partial charge is 0.211 e. The lowest BCUT2D eigenvalue weighted by Crippen LogP contribution is -2.31. The van der Waals surface area contributed by atoms with Gasteiger partial charge in [-0.1, -0.05) is 0 Å². The number of imidazole rings is 1. The lowest BCUT2D eigenvalue weighted by atomic mass is 10.1. The summed E-state index contributed by atoms with van der Waals surface area (Å²) in [5.41, 5.74) is 7.81. The first-order valence-electron chi connectivity index (χ1n) is 5.74. The van der Waals surface area contributed by atoms with E-state index >= 15 is 0 Å². The number of aromatic nitrogens is 2.